The van der Waals surface area contributed by atoms with E-state index in [-0.39, 0.29) is 12.2 Å². The number of Topliss-reactive ketones (excluding diaryl/α,β-unsaturated/α-hetero) is 1. The SMILES string of the molecule is CC(=O)C(Br)c1cc(F)ccc1CC(=O)O. The summed E-state index contributed by atoms with van der Waals surface area (Å²) in [6, 6.07) is 3.75. The summed E-state index contributed by atoms with van der Waals surface area (Å²) in [5, 5.41) is 8.69. The second-order valence-electron chi connectivity index (χ2n) is 3.39. The van der Waals surface area contributed by atoms with Gasteiger partial charge >= 0.3 is 5.97 Å². The standard InChI is InChI=1S/C11H10BrFO3/c1-6(14)11(12)9-5-8(13)3-2-7(9)4-10(15)16/h2-3,5,11H,4H2,1H3,(H,15,16). The molecule has 1 aromatic rings. The van der Waals surface area contributed by atoms with Crippen molar-refractivity contribution in [2.45, 2.75) is 18.2 Å². The zero-order valence-corrected chi connectivity index (χ0v) is 10.1. The molecule has 0 aliphatic rings. The first-order valence-corrected chi connectivity index (χ1v) is 5.48. The number of benzene rings is 1. The maximum absolute atomic E-state index is 13.0. The van der Waals surface area contributed by atoms with Crippen LogP contribution in [0.2, 0.25) is 0 Å². The zero-order chi connectivity index (χ0) is 12.3. The Morgan fingerprint density at radius 2 is 2.12 bits per heavy atom. The van der Waals surface area contributed by atoms with Crippen molar-refractivity contribution in [3.8, 4) is 0 Å². The largest absolute Gasteiger partial charge is 0.481 e. The highest BCUT2D eigenvalue weighted by molar-refractivity contribution is 9.09. The zero-order valence-electron chi connectivity index (χ0n) is 8.54. The molecule has 0 saturated carbocycles. The minimum absolute atomic E-state index is 0.197. The van der Waals surface area contributed by atoms with E-state index in [0.29, 0.717) is 11.1 Å². The molecule has 0 amide bonds. The number of halogens is 2. The van der Waals surface area contributed by atoms with Crippen molar-refractivity contribution < 1.29 is 19.1 Å². The third kappa shape index (κ3) is 3.13. The lowest BCUT2D eigenvalue weighted by Gasteiger charge is -2.11. The Kier molecular flexibility index (Phi) is 4.18. The number of alkyl halides is 1. The third-order valence-electron chi connectivity index (χ3n) is 2.08. The van der Waals surface area contributed by atoms with E-state index in [0.717, 1.165) is 0 Å². The second kappa shape index (κ2) is 5.21. The molecular weight excluding hydrogens is 279 g/mol. The summed E-state index contributed by atoms with van der Waals surface area (Å²) in [5.41, 5.74) is 0.806. The Labute approximate surface area is 100 Å². The number of hydrogen-bond acceptors (Lipinski definition) is 2. The Hall–Kier alpha value is -1.23. The number of rotatable bonds is 4. The smallest absolute Gasteiger partial charge is 0.307 e. The van der Waals surface area contributed by atoms with Crippen LogP contribution in [0.15, 0.2) is 18.2 Å². The van der Waals surface area contributed by atoms with Crippen molar-refractivity contribution in [3.05, 3.63) is 35.1 Å². The van der Waals surface area contributed by atoms with Crippen molar-refractivity contribution in [3.63, 3.8) is 0 Å². The van der Waals surface area contributed by atoms with Gasteiger partial charge in [-0.1, -0.05) is 22.0 Å². The molecule has 1 aromatic carbocycles. The van der Waals surface area contributed by atoms with Gasteiger partial charge in [0.15, 0.2) is 0 Å². The van der Waals surface area contributed by atoms with Gasteiger partial charge in [-0.05, 0) is 30.2 Å². The molecule has 3 nitrogen and oxygen atoms in total. The van der Waals surface area contributed by atoms with Crippen LogP contribution in [0.25, 0.3) is 0 Å². The summed E-state index contributed by atoms with van der Waals surface area (Å²) in [6.45, 7) is 1.36. The molecule has 0 aliphatic carbocycles. The van der Waals surface area contributed by atoms with E-state index in [2.05, 4.69) is 15.9 Å². The molecule has 86 valence electrons. The number of carbonyl (C=O) groups excluding carboxylic acids is 1. The van der Waals surface area contributed by atoms with E-state index in [1.807, 2.05) is 0 Å². The lowest BCUT2D eigenvalue weighted by atomic mass is 10.00. The van der Waals surface area contributed by atoms with Crippen molar-refractivity contribution in [2.24, 2.45) is 0 Å². The van der Waals surface area contributed by atoms with Gasteiger partial charge in [0.05, 0.1) is 11.2 Å². The van der Waals surface area contributed by atoms with Crippen LogP contribution in [-0.2, 0) is 16.0 Å². The van der Waals surface area contributed by atoms with Crippen molar-refractivity contribution in [2.75, 3.05) is 0 Å². The maximum atomic E-state index is 13.0. The summed E-state index contributed by atoms with van der Waals surface area (Å²) < 4.78 is 13.0. The molecule has 0 saturated heterocycles. The van der Waals surface area contributed by atoms with Crippen LogP contribution in [0.4, 0.5) is 4.39 Å². The van der Waals surface area contributed by atoms with Crippen LogP contribution in [0, 0.1) is 5.82 Å². The van der Waals surface area contributed by atoms with Gasteiger partial charge in [0.2, 0.25) is 0 Å². The number of carboxylic acid groups (broad SMARTS) is 1. The molecule has 0 aliphatic heterocycles. The Balaban J connectivity index is 3.17. The summed E-state index contributed by atoms with van der Waals surface area (Å²) >= 11 is 3.12. The molecule has 1 N–H and O–H groups in total. The van der Waals surface area contributed by atoms with Gasteiger partial charge in [0.25, 0.3) is 0 Å². The van der Waals surface area contributed by atoms with Crippen molar-refractivity contribution in [1.29, 1.82) is 0 Å². The summed E-state index contributed by atoms with van der Waals surface area (Å²) in [6.07, 6.45) is -0.231. The van der Waals surface area contributed by atoms with Crippen LogP contribution >= 0.6 is 15.9 Å². The van der Waals surface area contributed by atoms with E-state index in [4.69, 9.17) is 5.11 Å². The molecule has 0 bridgehead atoms. The van der Waals surface area contributed by atoms with Gasteiger partial charge in [-0.3, -0.25) is 9.59 Å². The Morgan fingerprint density at radius 3 is 2.62 bits per heavy atom. The predicted molar refractivity (Wildman–Crippen MR) is 60.1 cm³/mol. The molecule has 1 unspecified atom stereocenters. The van der Waals surface area contributed by atoms with Crippen LogP contribution in [0.1, 0.15) is 22.9 Å². The fourth-order valence-electron chi connectivity index (χ4n) is 1.34. The third-order valence-corrected chi connectivity index (χ3v) is 3.22. The number of carbonyl (C=O) groups is 2. The van der Waals surface area contributed by atoms with Gasteiger partial charge in [-0.2, -0.15) is 0 Å². The van der Waals surface area contributed by atoms with Crippen LogP contribution in [-0.4, -0.2) is 16.9 Å². The number of aliphatic carboxylic acids is 1. The average molecular weight is 289 g/mol. The number of carboxylic acids is 1. The second-order valence-corrected chi connectivity index (χ2v) is 4.30. The van der Waals surface area contributed by atoms with Gasteiger partial charge in [-0.15, -0.1) is 0 Å². The van der Waals surface area contributed by atoms with E-state index in [9.17, 15) is 14.0 Å². The summed E-state index contributed by atoms with van der Waals surface area (Å²) in [4.78, 5) is 21.1. The highest BCUT2D eigenvalue weighted by Gasteiger charge is 2.18. The van der Waals surface area contributed by atoms with Crippen LogP contribution in [0.5, 0.6) is 0 Å². The minimum atomic E-state index is -1.02. The molecular formula is C11H10BrFO3. The molecule has 0 fully saturated rings. The Bertz CT molecular complexity index is 431. The van der Waals surface area contributed by atoms with Gasteiger partial charge < -0.3 is 5.11 Å². The molecule has 5 heteroatoms. The molecule has 0 radical (unpaired) electrons. The van der Waals surface area contributed by atoms with E-state index < -0.39 is 16.6 Å². The van der Waals surface area contributed by atoms with E-state index in [1.165, 1.54) is 25.1 Å². The van der Waals surface area contributed by atoms with Crippen LogP contribution < -0.4 is 0 Å². The first-order valence-electron chi connectivity index (χ1n) is 4.56. The van der Waals surface area contributed by atoms with Gasteiger partial charge in [0, 0.05) is 0 Å². The lowest BCUT2D eigenvalue weighted by Crippen LogP contribution is -2.09. The van der Waals surface area contributed by atoms with Crippen molar-refractivity contribution in [1.82, 2.24) is 0 Å². The number of ketones is 1. The number of hydrogen-bond donors (Lipinski definition) is 1. The summed E-state index contributed by atoms with van der Waals surface area (Å²) in [7, 11) is 0. The van der Waals surface area contributed by atoms with Gasteiger partial charge in [-0.25, -0.2) is 4.39 Å². The molecule has 16 heavy (non-hydrogen) atoms. The predicted octanol–water partition coefficient (Wildman–Crippen LogP) is 2.48. The summed E-state index contributed by atoms with van der Waals surface area (Å²) in [5.74, 6) is -1.71. The highest BCUT2D eigenvalue weighted by atomic mass is 79.9. The molecule has 0 heterocycles. The molecule has 1 rings (SSSR count). The van der Waals surface area contributed by atoms with E-state index >= 15 is 0 Å². The fourth-order valence-corrected chi connectivity index (χ4v) is 1.77. The lowest BCUT2D eigenvalue weighted by molar-refractivity contribution is -0.136. The van der Waals surface area contributed by atoms with Crippen LogP contribution in [0.3, 0.4) is 0 Å². The maximum Gasteiger partial charge on any atom is 0.307 e. The molecule has 0 aromatic heterocycles. The average Bonchev–Trinajstić information content (AvgIpc) is 2.18. The minimum Gasteiger partial charge on any atom is -0.481 e. The normalized spacial score (nSPS) is 12.2. The Morgan fingerprint density at radius 1 is 1.50 bits per heavy atom. The first kappa shape index (κ1) is 12.8. The van der Waals surface area contributed by atoms with E-state index in [1.54, 1.807) is 0 Å². The highest BCUT2D eigenvalue weighted by Crippen LogP contribution is 2.28. The fraction of sp³-hybridized carbons (Fsp3) is 0.273. The van der Waals surface area contributed by atoms with Gasteiger partial charge in [0.1, 0.15) is 11.6 Å². The quantitative estimate of drug-likeness (QED) is 0.866. The van der Waals surface area contributed by atoms with Crippen molar-refractivity contribution >= 4 is 27.7 Å². The molecule has 1 atom stereocenters. The monoisotopic (exact) mass is 288 g/mol. The first-order chi connectivity index (χ1) is 7.41. The molecule has 0 spiro atoms. The topological polar surface area (TPSA) is 54.4 Å².